The Kier molecular flexibility index (Phi) is 4.25. The van der Waals surface area contributed by atoms with Gasteiger partial charge in [-0.3, -0.25) is 0 Å². The number of nitrogens with zero attached hydrogens (tertiary/aromatic N) is 4. The van der Waals surface area contributed by atoms with Crippen LogP contribution in [0, 0.1) is 5.82 Å². The van der Waals surface area contributed by atoms with Gasteiger partial charge in [0, 0.05) is 5.56 Å². The maximum absolute atomic E-state index is 13.7. The summed E-state index contributed by atoms with van der Waals surface area (Å²) in [6.45, 7) is 0. The van der Waals surface area contributed by atoms with Gasteiger partial charge in [0.25, 0.3) is 0 Å². The van der Waals surface area contributed by atoms with Crippen LogP contribution in [-0.4, -0.2) is 20.6 Å². The SMILES string of the molecule is Fc1cccc(-c2nnc3n2N=C(c2ccccc2)C(c2ccccc2)S3)c1. The van der Waals surface area contributed by atoms with Crippen LogP contribution in [0.2, 0.25) is 0 Å². The third kappa shape index (κ3) is 3.01. The van der Waals surface area contributed by atoms with Gasteiger partial charge >= 0.3 is 0 Å². The maximum atomic E-state index is 13.7. The third-order valence-electron chi connectivity index (χ3n) is 4.55. The van der Waals surface area contributed by atoms with Crippen LogP contribution in [0.25, 0.3) is 11.4 Å². The molecule has 1 unspecified atom stereocenters. The van der Waals surface area contributed by atoms with Gasteiger partial charge in [-0.2, -0.15) is 9.78 Å². The van der Waals surface area contributed by atoms with Gasteiger partial charge in [-0.1, -0.05) is 84.6 Å². The van der Waals surface area contributed by atoms with Gasteiger partial charge in [-0.05, 0) is 23.3 Å². The van der Waals surface area contributed by atoms with Crippen molar-refractivity contribution in [3.63, 3.8) is 0 Å². The molecule has 6 heteroatoms. The largest absolute Gasteiger partial charge is 0.213 e. The maximum Gasteiger partial charge on any atom is 0.213 e. The molecule has 1 atom stereocenters. The lowest BCUT2D eigenvalue weighted by molar-refractivity contribution is 0.628. The first kappa shape index (κ1) is 16.9. The number of hydrogen-bond acceptors (Lipinski definition) is 4. The molecule has 3 aromatic carbocycles. The van der Waals surface area contributed by atoms with Crippen LogP contribution in [0.3, 0.4) is 0 Å². The molecule has 0 radical (unpaired) electrons. The van der Waals surface area contributed by atoms with Crippen LogP contribution in [-0.2, 0) is 0 Å². The van der Waals surface area contributed by atoms with Crippen LogP contribution in [0.15, 0.2) is 95.2 Å². The van der Waals surface area contributed by atoms with Gasteiger partial charge in [-0.15, -0.1) is 10.2 Å². The number of hydrogen-bond donors (Lipinski definition) is 0. The zero-order valence-electron chi connectivity index (χ0n) is 14.7. The lowest BCUT2D eigenvalue weighted by Crippen LogP contribution is -2.18. The van der Waals surface area contributed by atoms with Crippen LogP contribution in [0.5, 0.6) is 0 Å². The number of thioether (sulfide) groups is 1. The average molecular weight is 386 g/mol. The zero-order chi connectivity index (χ0) is 18.9. The van der Waals surface area contributed by atoms with E-state index in [2.05, 4.69) is 22.3 Å². The van der Waals surface area contributed by atoms with Crippen molar-refractivity contribution in [1.29, 1.82) is 0 Å². The number of halogens is 1. The Morgan fingerprint density at radius 2 is 1.50 bits per heavy atom. The Bertz CT molecular complexity index is 1160. The lowest BCUT2D eigenvalue weighted by atomic mass is 10.0. The monoisotopic (exact) mass is 386 g/mol. The summed E-state index contributed by atoms with van der Waals surface area (Å²) < 4.78 is 15.4. The molecule has 0 spiro atoms. The van der Waals surface area contributed by atoms with E-state index in [9.17, 15) is 4.39 Å². The summed E-state index contributed by atoms with van der Waals surface area (Å²) in [6, 6.07) is 26.7. The smallest absolute Gasteiger partial charge is 0.207 e. The molecule has 0 bridgehead atoms. The zero-order valence-corrected chi connectivity index (χ0v) is 15.6. The molecule has 4 nitrogen and oxygen atoms in total. The van der Waals surface area contributed by atoms with Crippen molar-refractivity contribution in [1.82, 2.24) is 14.9 Å². The Labute approximate surface area is 165 Å². The van der Waals surface area contributed by atoms with E-state index in [4.69, 9.17) is 5.10 Å². The normalized spacial score (nSPS) is 15.8. The molecule has 0 saturated carbocycles. The van der Waals surface area contributed by atoms with E-state index < -0.39 is 0 Å². The molecule has 0 saturated heterocycles. The van der Waals surface area contributed by atoms with E-state index in [1.165, 1.54) is 12.1 Å². The van der Waals surface area contributed by atoms with Crippen LogP contribution in [0.4, 0.5) is 4.39 Å². The molecule has 5 rings (SSSR count). The fourth-order valence-electron chi connectivity index (χ4n) is 3.23. The van der Waals surface area contributed by atoms with Gasteiger partial charge in [0.15, 0.2) is 5.82 Å². The number of rotatable bonds is 3. The fraction of sp³-hybridized carbons (Fsp3) is 0.0455. The van der Waals surface area contributed by atoms with E-state index >= 15 is 0 Å². The molecule has 1 aliphatic rings. The minimum atomic E-state index is -0.312. The second-order valence-corrected chi connectivity index (χ2v) is 7.46. The first-order chi connectivity index (χ1) is 13.8. The Hall–Kier alpha value is -3.25. The minimum Gasteiger partial charge on any atom is -0.207 e. The highest BCUT2D eigenvalue weighted by Crippen LogP contribution is 2.41. The summed E-state index contributed by atoms with van der Waals surface area (Å²) in [5.74, 6) is 0.217. The topological polar surface area (TPSA) is 43.1 Å². The van der Waals surface area contributed by atoms with Gasteiger partial charge in [0.2, 0.25) is 5.16 Å². The molecule has 2 heterocycles. The van der Waals surface area contributed by atoms with Crippen molar-refractivity contribution in [2.75, 3.05) is 0 Å². The van der Waals surface area contributed by atoms with Crippen molar-refractivity contribution in [2.24, 2.45) is 5.10 Å². The third-order valence-corrected chi connectivity index (χ3v) is 5.74. The molecule has 0 N–H and O–H groups in total. The van der Waals surface area contributed by atoms with Crippen molar-refractivity contribution in [2.45, 2.75) is 10.4 Å². The molecule has 4 aromatic rings. The Balaban J connectivity index is 1.67. The van der Waals surface area contributed by atoms with Crippen molar-refractivity contribution < 1.29 is 4.39 Å². The minimum absolute atomic E-state index is 0.000611. The molecule has 136 valence electrons. The van der Waals surface area contributed by atoms with Crippen LogP contribution < -0.4 is 0 Å². The quantitative estimate of drug-likeness (QED) is 0.487. The number of benzene rings is 3. The summed E-state index contributed by atoms with van der Waals surface area (Å²) >= 11 is 1.60. The summed E-state index contributed by atoms with van der Waals surface area (Å²) in [5.41, 5.74) is 3.75. The number of fused-ring (bicyclic) bond motifs is 1. The molecule has 1 aromatic heterocycles. The second-order valence-electron chi connectivity index (χ2n) is 6.39. The highest BCUT2D eigenvalue weighted by molar-refractivity contribution is 8.00. The highest BCUT2D eigenvalue weighted by Gasteiger charge is 2.30. The molecular formula is C22H15FN4S. The first-order valence-electron chi connectivity index (χ1n) is 8.87. The summed E-state index contributed by atoms with van der Waals surface area (Å²) in [7, 11) is 0. The molecule has 0 fully saturated rings. The average Bonchev–Trinajstić information content (AvgIpc) is 3.17. The van der Waals surface area contributed by atoms with E-state index in [1.807, 2.05) is 54.6 Å². The fourth-order valence-corrected chi connectivity index (χ4v) is 4.34. The van der Waals surface area contributed by atoms with E-state index in [0.29, 0.717) is 16.5 Å². The highest BCUT2D eigenvalue weighted by atomic mass is 32.2. The molecule has 1 aliphatic heterocycles. The summed E-state index contributed by atoms with van der Waals surface area (Å²) in [6.07, 6.45) is 0. The second kappa shape index (κ2) is 7.05. The van der Waals surface area contributed by atoms with Gasteiger partial charge in [0.1, 0.15) is 5.82 Å². The summed E-state index contributed by atoms with van der Waals surface area (Å²) in [5, 5.41) is 14.2. The van der Waals surface area contributed by atoms with E-state index in [1.54, 1.807) is 22.5 Å². The van der Waals surface area contributed by atoms with Gasteiger partial charge < -0.3 is 0 Å². The van der Waals surface area contributed by atoms with Crippen molar-refractivity contribution in [3.05, 3.63) is 102 Å². The van der Waals surface area contributed by atoms with E-state index in [0.717, 1.165) is 16.8 Å². The predicted octanol–water partition coefficient (Wildman–Crippen LogP) is 5.18. The van der Waals surface area contributed by atoms with Gasteiger partial charge in [-0.25, -0.2) is 4.39 Å². The van der Waals surface area contributed by atoms with Gasteiger partial charge in [0.05, 0.1) is 11.0 Å². The lowest BCUT2D eigenvalue weighted by Gasteiger charge is -2.23. The number of aromatic nitrogens is 3. The summed E-state index contributed by atoms with van der Waals surface area (Å²) in [4.78, 5) is 0. The molecule has 0 amide bonds. The Morgan fingerprint density at radius 3 is 2.25 bits per heavy atom. The van der Waals surface area contributed by atoms with E-state index in [-0.39, 0.29) is 11.1 Å². The van der Waals surface area contributed by atoms with Crippen molar-refractivity contribution in [3.8, 4) is 11.4 Å². The van der Waals surface area contributed by atoms with Crippen molar-refractivity contribution >= 4 is 17.5 Å². The van der Waals surface area contributed by atoms with Crippen LogP contribution >= 0.6 is 11.8 Å². The molecular weight excluding hydrogens is 371 g/mol. The predicted molar refractivity (Wildman–Crippen MR) is 109 cm³/mol. The molecule has 0 aliphatic carbocycles. The Morgan fingerprint density at radius 1 is 0.786 bits per heavy atom. The first-order valence-corrected chi connectivity index (χ1v) is 9.75. The van der Waals surface area contributed by atoms with Crippen LogP contribution in [0.1, 0.15) is 16.4 Å². The molecule has 28 heavy (non-hydrogen) atoms. The standard InChI is InChI=1S/C22H15FN4S/c23-18-13-7-12-17(14-18)21-24-25-22-27(21)26-19(15-8-3-1-4-9-15)20(28-22)16-10-5-2-6-11-16/h1-14,20H.